The zero-order valence-corrected chi connectivity index (χ0v) is 10.2. The number of anilines is 1. The van der Waals surface area contributed by atoms with E-state index in [1.165, 1.54) is 7.11 Å². The average molecular weight is 222 g/mol. The highest BCUT2D eigenvalue weighted by Gasteiger charge is 2.12. The quantitative estimate of drug-likeness (QED) is 0.732. The Morgan fingerprint density at radius 2 is 2.25 bits per heavy atom. The number of rotatable bonds is 4. The van der Waals surface area contributed by atoms with Crippen LogP contribution in [-0.4, -0.2) is 30.6 Å². The first-order valence-corrected chi connectivity index (χ1v) is 5.41. The molecule has 0 aliphatic rings. The highest BCUT2D eigenvalue weighted by molar-refractivity contribution is 5.90. The molecule has 4 heteroatoms. The van der Waals surface area contributed by atoms with Crippen molar-refractivity contribution < 1.29 is 9.53 Å². The summed E-state index contributed by atoms with van der Waals surface area (Å²) in [4.78, 5) is 17.8. The van der Waals surface area contributed by atoms with Crippen LogP contribution in [0, 0.1) is 0 Å². The fourth-order valence-electron chi connectivity index (χ4n) is 1.61. The van der Waals surface area contributed by atoms with Gasteiger partial charge in [0.25, 0.3) is 0 Å². The second kappa shape index (κ2) is 5.49. The summed E-state index contributed by atoms with van der Waals surface area (Å²) >= 11 is 0. The second-order valence-corrected chi connectivity index (χ2v) is 3.77. The lowest BCUT2D eigenvalue weighted by Gasteiger charge is -2.26. The molecule has 0 fully saturated rings. The minimum atomic E-state index is -0.330. The summed E-state index contributed by atoms with van der Waals surface area (Å²) in [6.07, 6.45) is 1.63. The van der Waals surface area contributed by atoms with Gasteiger partial charge in [-0.25, -0.2) is 9.78 Å². The second-order valence-electron chi connectivity index (χ2n) is 3.77. The largest absolute Gasteiger partial charge is 0.465 e. The highest BCUT2D eigenvalue weighted by Crippen LogP contribution is 2.15. The molecule has 0 aliphatic heterocycles. The molecule has 0 radical (unpaired) electrons. The molecule has 0 atom stereocenters. The highest BCUT2D eigenvalue weighted by atomic mass is 16.5. The van der Waals surface area contributed by atoms with Gasteiger partial charge in [0.05, 0.1) is 12.7 Å². The summed E-state index contributed by atoms with van der Waals surface area (Å²) in [5.41, 5.74) is 0.534. The van der Waals surface area contributed by atoms with E-state index >= 15 is 0 Å². The van der Waals surface area contributed by atoms with Crippen LogP contribution >= 0.6 is 0 Å². The molecule has 88 valence electrons. The van der Waals surface area contributed by atoms with Crippen molar-refractivity contribution in [1.82, 2.24) is 4.98 Å². The van der Waals surface area contributed by atoms with Crippen LogP contribution in [0.25, 0.3) is 0 Å². The van der Waals surface area contributed by atoms with Crippen LogP contribution in [0.2, 0.25) is 0 Å². The lowest BCUT2D eigenvalue weighted by Crippen LogP contribution is -2.31. The van der Waals surface area contributed by atoms with Crippen LogP contribution < -0.4 is 4.90 Å². The molecule has 0 bridgehead atoms. The Kier molecular flexibility index (Phi) is 4.28. The summed E-state index contributed by atoms with van der Waals surface area (Å²) in [6.45, 7) is 7.10. The molecular formula is C12H18N2O2. The van der Waals surface area contributed by atoms with Crippen LogP contribution in [-0.2, 0) is 4.74 Å². The number of nitrogens with zero attached hydrogens (tertiary/aromatic N) is 2. The first-order valence-electron chi connectivity index (χ1n) is 5.41. The molecule has 0 aliphatic carbocycles. The first kappa shape index (κ1) is 12.5. The van der Waals surface area contributed by atoms with Crippen molar-refractivity contribution in [2.24, 2.45) is 0 Å². The van der Waals surface area contributed by atoms with Gasteiger partial charge in [-0.2, -0.15) is 0 Å². The van der Waals surface area contributed by atoms with Crippen molar-refractivity contribution in [3.8, 4) is 0 Å². The lowest BCUT2D eigenvalue weighted by atomic mass is 10.2. The van der Waals surface area contributed by atoms with Crippen molar-refractivity contribution in [1.29, 1.82) is 0 Å². The Balaban J connectivity index is 3.01. The minimum absolute atomic E-state index is 0.330. The van der Waals surface area contributed by atoms with Gasteiger partial charge >= 0.3 is 5.97 Å². The summed E-state index contributed by atoms with van der Waals surface area (Å²) in [6, 6.07) is 3.77. The standard InChI is InChI=1S/C12H18N2O2/c1-5-14(9(2)3)11-8-10(6-7-13-11)12(15)16-4/h6-9H,5H2,1-4H3. The average Bonchev–Trinajstić information content (AvgIpc) is 2.29. The van der Waals surface area contributed by atoms with E-state index in [2.05, 4.69) is 35.4 Å². The van der Waals surface area contributed by atoms with Crippen LogP contribution in [0.5, 0.6) is 0 Å². The molecule has 0 saturated carbocycles. The van der Waals surface area contributed by atoms with E-state index in [-0.39, 0.29) is 5.97 Å². The minimum Gasteiger partial charge on any atom is -0.465 e. The van der Waals surface area contributed by atoms with Gasteiger partial charge in [0, 0.05) is 18.8 Å². The lowest BCUT2D eigenvalue weighted by molar-refractivity contribution is 0.0600. The maximum Gasteiger partial charge on any atom is 0.338 e. The third-order valence-electron chi connectivity index (χ3n) is 2.42. The molecule has 4 nitrogen and oxygen atoms in total. The Morgan fingerprint density at radius 3 is 2.75 bits per heavy atom. The molecule has 0 unspecified atom stereocenters. The normalized spacial score (nSPS) is 10.3. The molecule has 1 rings (SSSR count). The van der Waals surface area contributed by atoms with Gasteiger partial charge in [0.1, 0.15) is 5.82 Å². The number of carbonyl (C=O) groups excluding carboxylic acids is 1. The summed E-state index contributed by atoms with van der Waals surface area (Å²) < 4.78 is 4.68. The molecule has 1 heterocycles. The van der Waals surface area contributed by atoms with Crippen LogP contribution in [0.3, 0.4) is 0 Å². The molecule has 1 aromatic rings. The van der Waals surface area contributed by atoms with E-state index < -0.39 is 0 Å². The van der Waals surface area contributed by atoms with E-state index in [4.69, 9.17) is 0 Å². The number of ether oxygens (including phenoxy) is 1. The molecule has 0 aromatic carbocycles. The monoisotopic (exact) mass is 222 g/mol. The number of aromatic nitrogens is 1. The third-order valence-corrected chi connectivity index (χ3v) is 2.42. The molecule has 0 amide bonds. The number of methoxy groups -OCH3 is 1. The van der Waals surface area contributed by atoms with Crippen molar-refractivity contribution in [3.63, 3.8) is 0 Å². The Labute approximate surface area is 96.2 Å². The Hall–Kier alpha value is -1.58. The maximum absolute atomic E-state index is 11.4. The van der Waals surface area contributed by atoms with Gasteiger partial charge in [0.2, 0.25) is 0 Å². The van der Waals surface area contributed by atoms with E-state index in [0.29, 0.717) is 11.6 Å². The maximum atomic E-state index is 11.4. The topological polar surface area (TPSA) is 42.4 Å². The summed E-state index contributed by atoms with van der Waals surface area (Å²) in [5.74, 6) is 0.476. The SMILES string of the molecule is CCN(c1cc(C(=O)OC)ccn1)C(C)C. The fraction of sp³-hybridized carbons (Fsp3) is 0.500. The van der Waals surface area contributed by atoms with Gasteiger partial charge in [-0.1, -0.05) is 0 Å². The molecule has 0 saturated heterocycles. The van der Waals surface area contributed by atoms with Gasteiger partial charge in [0.15, 0.2) is 0 Å². The van der Waals surface area contributed by atoms with Gasteiger partial charge in [-0.05, 0) is 32.9 Å². The third kappa shape index (κ3) is 2.72. The molecule has 1 aromatic heterocycles. The molecule has 0 spiro atoms. The van der Waals surface area contributed by atoms with Crippen LogP contribution in [0.1, 0.15) is 31.1 Å². The van der Waals surface area contributed by atoms with Gasteiger partial charge in [-0.15, -0.1) is 0 Å². The zero-order chi connectivity index (χ0) is 12.1. The smallest absolute Gasteiger partial charge is 0.338 e. The molecular weight excluding hydrogens is 204 g/mol. The van der Waals surface area contributed by atoms with E-state index in [9.17, 15) is 4.79 Å². The van der Waals surface area contributed by atoms with Gasteiger partial charge < -0.3 is 9.64 Å². The van der Waals surface area contributed by atoms with Crippen molar-refractivity contribution in [2.75, 3.05) is 18.6 Å². The fourth-order valence-corrected chi connectivity index (χ4v) is 1.61. The number of pyridine rings is 1. The molecule has 0 N–H and O–H groups in total. The number of carbonyl (C=O) groups is 1. The summed E-state index contributed by atoms with van der Waals surface area (Å²) in [7, 11) is 1.38. The number of esters is 1. The van der Waals surface area contributed by atoms with Crippen molar-refractivity contribution in [3.05, 3.63) is 23.9 Å². The Morgan fingerprint density at radius 1 is 1.56 bits per heavy atom. The summed E-state index contributed by atoms with van der Waals surface area (Å²) in [5, 5.41) is 0. The van der Waals surface area contributed by atoms with Crippen LogP contribution in [0.4, 0.5) is 5.82 Å². The van der Waals surface area contributed by atoms with Crippen molar-refractivity contribution >= 4 is 11.8 Å². The van der Waals surface area contributed by atoms with E-state index in [1.807, 2.05) is 0 Å². The Bertz CT molecular complexity index is 364. The number of hydrogen-bond donors (Lipinski definition) is 0. The first-order chi connectivity index (χ1) is 7.60. The number of hydrogen-bond acceptors (Lipinski definition) is 4. The van der Waals surface area contributed by atoms with E-state index in [1.54, 1.807) is 18.3 Å². The van der Waals surface area contributed by atoms with Crippen LogP contribution in [0.15, 0.2) is 18.3 Å². The predicted octanol–water partition coefficient (Wildman–Crippen LogP) is 2.10. The predicted molar refractivity (Wildman–Crippen MR) is 63.7 cm³/mol. The van der Waals surface area contributed by atoms with Gasteiger partial charge in [-0.3, -0.25) is 0 Å². The van der Waals surface area contributed by atoms with E-state index in [0.717, 1.165) is 12.4 Å². The van der Waals surface area contributed by atoms with Crippen molar-refractivity contribution in [2.45, 2.75) is 26.8 Å². The molecule has 16 heavy (non-hydrogen) atoms. The zero-order valence-electron chi connectivity index (χ0n) is 10.2.